The molecule has 1 rings (SSSR count). The quantitative estimate of drug-likeness (QED) is 0.841. The summed E-state index contributed by atoms with van der Waals surface area (Å²) in [5, 5.41) is 0. The van der Waals surface area contributed by atoms with E-state index in [1.54, 1.807) is 0 Å². The summed E-state index contributed by atoms with van der Waals surface area (Å²) in [5.41, 5.74) is 7.35. The largest absolute Gasteiger partial charge is 0.389 e. The van der Waals surface area contributed by atoms with Gasteiger partial charge in [0.1, 0.15) is 4.99 Å². The maximum atomic E-state index is 12.2. The van der Waals surface area contributed by atoms with Crippen LogP contribution in [0.5, 0.6) is 0 Å². The van der Waals surface area contributed by atoms with Gasteiger partial charge in [0.05, 0.1) is 6.42 Å². The Morgan fingerprint density at radius 3 is 2.21 bits per heavy atom. The average molecular weight is 278 g/mol. The van der Waals surface area contributed by atoms with E-state index in [-0.39, 0.29) is 11.9 Å². The van der Waals surface area contributed by atoms with E-state index in [0.29, 0.717) is 17.3 Å². The van der Waals surface area contributed by atoms with Gasteiger partial charge in [-0.15, -0.1) is 0 Å². The Balaban J connectivity index is 2.69. The van der Waals surface area contributed by atoms with Gasteiger partial charge in [-0.3, -0.25) is 4.79 Å². The zero-order chi connectivity index (χ0) is 14.6. The van der Waals surface area contributed by atoms with Crippen molar-refractivity contribution in [3.05, 3.63) is 35.4 Å². The molecule has 0 heterocycles. The second kappa shape index (κ2) is 6.66. The molecule has 1 unspecified atom stereocenters. The van der Waals surface area contributed by atoms with Gasteiger partial charge in [0.15, 0.2) is 0 Å². The minimum absolute atomic E-state index is 0.129. The Kier molecular flexibility index (Phi) is 5.48. The Morgan fingerprint density at radius 1 is 1.26 bits per heavy atom. The van der Waals surface area contributed by atoms with Crippen molar-refractivity contribution < 1.29 is 4.79 Å². The van der Waals surface area contributed by atoms with Gasteiger partial charge in [-0.2, -0.15) is 0 Å². The number of hydrogen-bond acceptors (Lipinski definition) is 2. The van der Waals surface area contributed by atoms with Gasteiger partial charge < -0.3 is 10.6 Å². The highest BCUT2D eigenvalue weighted by molar-refractivity contribution is 7.80. The van der Waals surface area contributed by atoms with Crippen molar-refractivity contribution in [2.24, 2.45) is 11.7 Å². The fourth-order valence-electron chi connectivity index (χ4n) is 1.76. The molecule has 104 valence electrons. The maximum Gasteiger partial charge on any atom is 0.226 e. The molecule has 1 aromatic carbocycles. The zero-order valence-electron chi connectivity index (χ0n) is 12.0. The van der Waals surface area contributed by atoms with Gasteiger partial charge >= 0.3 is 0 Å². The SMILES string of the molecule is CC(C)C(C)N(C)C(=O)Cc1ccc(C(N)=S)cc1. The van der Waals surface area contributed by atoms with Crippen LogP contribution in [-0.4, -0.2) is 28.9 Å². The highest BCUT2D eigenvalue weighted by Crippen LogP contribution is 2.11. The number of benzene rings is 1. The lowest BCUT2D eigenvalue weighted by molar-refractivity contribution is -0.131. The number of carbonyl (C=O) groups excluding carboxylic acids is 1. The summed E-state index contributed by atoms with van der Waals surface area (Å²) >= 11 is 4.90. The summed E-state index contributed by atoms with van der Waals surface area (Å²) in [7, 11) is 1.86. The van der Waals surface area contributed by atoms with Crippen molar-refractivity contribution in [3.63, 3.8) is 0 Å². The van der Waals surface area contributed by atoms with Gasteiger partial charge in [0, 0.05) is 18.7 Å². The lowest BCUT2D eigenvalue weighted by atomic mass is 10.0. The van der Waals surface area contributed by atoms with Crippen LogP contribution >= 0.6 is 12.2 Å². The molecule has 0 saturated heterocycles. The summed E-state index contributed by atoms with van der Waals surface area (Å²) in [4.78, 5) is 14.3. The minimum atomic E-state index is 0.129. The third-order valence-electron chi connectivity index (χ3n) is 3.56. The van der Waals surface area contributed by atoms with E-state index in [9.17, 15) is 4.79 Å². The Labute approximate surface area is 120 Å². The summed E-state index contributed by atoms with van der Waals surface area (Å²) in [6.45, 7) is 6.30. The molecule has 0 radical (unpaired) electrons. The van der Waals surface area contributed by atoms with Gasteiger partial charge in [-0.25, -0.2) is 0 Å². The molecule has 0 saturated carbocycles. The van der Waals surface area contributed by atoms with Crippen molar-refractivity contribution in [1.29, 1.82) is 0 Å². The third-order valence-corrected chi connectivity index (χ3v) is 3.80. The standard InChI is InChI=1S/C15H22N2OS/c1-10(2)11(3)17(4)14(18)9-12-5-7-13(8-6-12)15(16)19/h5-8,10-11H,9H2,1-4H3,(H2,16,19). The minimum Gasteiger partial charge on any atom is -0.389 e. The first-order valence-corrected chi connectivity index (χ1v) is 6.88. The van der Waals surface area contributed by atoms with Crippen molar-refractivity contribution in [3.8, 4) is 0 Å². The van der Waals surface area contributed by atoms with Gasteiger partial charge in [0.25, 0.3) is 0 Å². The molecule has 4 heteroatoms. The molecule has 0 bridgehead atoms. The van der Waals surface area contributed by atoms with Crippen LogP contribution in [0.25, 0.3) is 0 Å². The average Bonchev–Trinajstić information content (AvgIpc) is 2.37. The molecule has 1 amide bonds. The number of amides is 1. The molecule has 0 aliphatic carbocycles. The molecule has 0 spiro atoms. The van der Waals surface area contributed by atoms with Crippen LogP contribution in [0.15, 0.2) is 24.3 Å². The summed E-state index contributed by atoms with van der Waals surface area (Å²) in [6.07, 6.45) is 0.408. The van der Waals surface area contributed by atoms with E-state index in [1.807, 2.05) is 36.2 Å². The molecule has 3 nitrogen and oxygen atoms in total. The first kappa shape index (κ1) is 15.6. The van der Waals surface area contributed by atoms with Crippen LogP contribution in [-0.2, 0) is 11.2 Å². The number of nitrogens with two attached hydrogens (primary N) is 1. The number of carbonyl (C=O) groups is 1. The predicted molar refractivity (Wildman–Crippen MR) is 83.1 cm³/mol. The van der Waals surface area contributed by atoms with Crippen molar-refractivity contribution in [2.75, 3.05) is 7.05 Å². The van der Waals surface area contributed by atoms with Crippen LogP contribution in [0.1, 0.15) is 31.9 Å². The second-order valence-corrected chi connectivity index (χ2v) is 5.67. The van der Waals surface area contributed by atoms with Crippen molar-refractivity contribution in [1.82, 2.24) is 4.90 Å². The molecule has 0 aromatic heterocycles. The van der Waals surface area contributed by atoms with E-state index in [0.717, 1.165) is 11.1 Å². The van der Waals surface area contributed by atoms with Crippen LogP contribution in [0.3, 0.4) is 0 Å². The summed E-state index contributed by atoms with van der Waals surface area (Å²) in [5.74, 6) is 0.579. The Bertz CT molecular complexity index is 454. The number of likely N-dealkylation sites (N-methyl/N-ethyl adjacent to an activating group) is 1. The molecular weight excluding hydrogens is 256 g/mol. The topological polar surface area (TPSA) is 46.3 Å². The predicted octanol–water partition coefficient (Wildman–Crippen LogP) is 2.37. The first-order chi connectivity index (χ1) is 8.82. The molecule has 0 aliphatic rings. The normalized spacial score (nSPS) is 12.3. The lowest BCUT2D eigenvalue weighted by Gasteiger charge is -2.28. The highest BCUT2D eigenvalue weighted by Gasteiger charge is 2.18. The number of thiocarbonyl (C=S) groups is 1. The highest BCUT2D eigenvalue weighted by atomic mass is 32.1. The molecule has 0 fully saturated rings. The molecule has 19 heavy (non-hydrogen) atoms. The fourth-order valence-corrected chi connectivity index (χ4v) is 1.90. The van der Waals surface area contributed by atoms with Gasteiger partial charge in [0.2, 0.25) is 5.91 Å². The van der Waals surface area contributed by atoms with Crippen LogP contribution < -0.4 is 5.73 Å². The number of nitrogens with zero attached hydrogens (tertiary/aromatic N) is 1. The summed E-state index contributed by atoms with van der Waals surface area (Å²) in [6, 6.07) is 7.76. The molecule has 1 aromatic rings. The zero-order valence-corrected chi connectivity index (χ0v) is 12.8. The van der Waals surface area contributed by atoms with Crippen molar-refractivity contribution >= 4 is 23.1 Å². The Morgan fingerprint density at radius 2 is 1.79 bits per heavy atom. The maximum absolute atomic E-state index is 12.2. The molecular formula is C15H22N2OS. The van der Waals surface area contributed by atoms with E-state index in [2.05, 4.69) is 20.8 Å². The van der Waals surface area contributed by atoms with Crippen LogP contribution in [0, 0.1) is 5.92 Å². The lowest BCUT2D eigenvalue weighted by Crippen LogP contribution is -2.39. The summed E-state index contributed by atoms with van der Waals surface area (Å²) < 4.78 is 0. The number of hydrogen-bond donors (Lipinski definition) is 1. The smallest absolute Gasteiger partial charge is 0.226 e. The van der Waals surface area contributed by atoms with E-state index in [1.165, 1.54) is 0 Å². The van der Waals surface area contributed by atoms with E-state index < -0.39 is 0 Å². The monoisotopic (exact) mass is 278 g/mol. The van der Waals surface area contributed by atoms with Crippen LogP contribution in [0.4, 0.5) is 0 Å². The van der Waals surface area contributed by atoms with Gasteiger partial charge in [-0.05, 0) is 18.4 Å². The fraction of sp³-hybridized carbons (Fsp3) is 0.467. The van der Waals surface area contributed by atoms with Crippen LogP contribution in [0.2, 0.25) is 0 Å². The number of rotatable bonds is 5. The van der Waals surface area contributed by atoms with E-state index in [4.69, 9.17) is 18.0 Å². The first-order valence-electron chi connectivity index (χ1n) is 6.47. The molecule has 1 atom stereocenters. The van der Waals surface area contributed by atoms with Crippen molar-refractivity contribution in [2.45, 2.75) is 33.2 Å². The van der Waals surface area contributed by atoms with Gasteiger partial charge in [-0.1, -0.05) is 50.3 Å². The molecule has 0 aliphatic heterocycles. The third kappa shape index (κ3) is 4.31. The molecule has 2 N–H and O–H groups in total. The Hall–Kier alpha value is -1.42. The van der Waals surface area contributed by atoms with E-state index >= 15 is 0 Å². The second-order valence-electron chi connectivity index (χ2n) is 5.23.